The third-order valence-corrected chi connectivity index (χ3v) is 6.37. The second-order valence-electron chi connectivity index (χ2n) is 7.81. The number of carboxylic acids is 1. The van der Waals surface area contributed by atoms with Gasteiger partial charge in [-0.15, -0.1) is 0 Å². The fourth-order valence-electron chi connectivity index (χ4n) is 3.97. The lowest BCUT2D eigenvalue weighted by atomic mass is 10.0. The van der Waals surface area contributed by atoms with Crippen molar-refractivity contribution in [3.8, 4) is 0 Å². The number of aromatic nitrogens is 2. The summed E-state index contributed by atoms with van der Waals surface area (Å²) in [4.78, 5) is 52.5. The lowest BCUT2D eigenvalue weighted by Gasteiger charge is -2.37. The highest BCUT2D eigenvalue weighted by atomic mass is 35.5. The van der Waals surface area contributed by atoms with Crippen molar-refractivity contribution >= 4 is 46.2 Å². The summed E-state index contributed by atoms with van der Waals surface area (Å²) in [5, 5.41) is 10.1. The highest BCUT2D eigenvalue weighted by Gasteiger charge is 2.43. The number of imide groups is 1. The Bertz CT molecular complexity index is 1340. The van der Waals surface area contributed by atoms with Gasteiger partial charge in [-0.2, -0.15) is 0 Å². The molecule has 2 heterocycles. The van der Waals surface area contributed by atoms with Gasteiger partial charge in [0.2, 0.25) is 5.91 Å². The van der Waals surface area contributed by atoms with Gasteiger partial charge < -0.3 is 5.11 Å². The van der Waals surface area contributed by atoms with Gasteiger partial charge in [-0.3, -0.25) is 28.5 Å². The molecule has 0 bridgehead atoms. The van der Waals surface area contributed by atoms with E-state index in [1.807, 2.05) is 0 Å². The summed E-state index contributed by atoms with van der Waals surface area (Å²) in [6, 6.07) is 9.49. The van der Waals surface area contributed by atoms with Gasteiger partial charge in [-0.1, -0.05) is 23.7 Å². The molecule has 3 amide bonds. The molecule has 166 valence electrons. The number of hydrogen-bond donors (Lipinski definition) is 1. The van der Waals surface area contributed by atoms with Crippen LogP contribution < -0.4 is 10.6 Å². The third-order valence-electron chi connectivity index (χ3n) is 5.96. The summed E-state index contributed by atoms with van der Waals surface area (Å²) in [5.41, 5.74) is 2.78. The van der Waals surface area contributed by atoms with Gasteiger partial charge in [0.1, 0.15) is 0 Å². The first kappa shape index (κ1) is 21.6. The number of nitrogens with zero attached hydrogens (tertiary/aromatic N) is 4. The van der Waals surface area contributed by atoms with Crippen LogP contribution in [0.25, 0.3) is 11.0 Å². The predicted octanol–water partition coefficient (Wildman–Crippen LogP) is 2.51. The summed E-state index contributed by atoms with van der Waals surface area (Å²) in [7, 11) is 3.26. The van der Waals surface area contributed by atoms with Crippen molar-refractivity contribution in [2.75, 3.05) is 11.4 Å². The van der Waals surface area contributed by atoms with Crippen molar-refractivity contribution in [2.45, 2.75) is 13.5 Å². The van der Waals surface area contributed by atoms with Crippen LogP contribution in [0.2, 0.25) is 5.02 Å². The van der Waals surface area contributed by atoms with Gasteiger partial charge in [-0.05, 0) is 42.3 Å². The number of carbonyl (C=O) groups excluding carboxylic acids is 2. The number of benzene rings is 2. The van der Waals surface area contributed by atoms with Crippen LogP contribution in [0, 0.1) is 12.8 Å². The number of urea groups is 1. The molecule has 9 nitrogen and oxygen atoms in total. The number of aryl methyl sites for hydroxylation is 2. The molecule has 0 aliphatic carbocycles. The van der Waals surface area contributed by atoms with Crippen molar-refractivity contribution in [3.05, 3.63) is 63.0 Å². The molecule has 1 fully saturated rings. The van der Waals surface area contributed by atoms with Crippen molar-refractivity contribution in [1.82, 2.24) is 14.0 Å². The zero-order chi connectivity index (χ0) is 23.3. The van der Waals surface area contributed by atoms with Crippen molar-refractivity contribution in [2.24, 2.45) is 20.0 Å². The molecule has 0 saturated carbocycles. The Hall–Kier alpha value is -3.59. The molecular formula is C22H21ClN4O5. The maximum absolute atomic E-state index is 13.3. The molecule has 0 spiro atoms. The van der Waals surface area contributed by atoms with E-state index in [2.05, 4.69) is 0 Å². The molecule has 1 N–H and O–H groups in total. The van der Waals surface area contributed by atoms with Crippen molar-refractivity contribution < 1.29 is 19.5 Å². The van der Waals surface area contributed by atoms with Crippen LogP contribution in [0.1, 0.15) is 11.1 Å². The number of rotatable bonds is 4. The molecule has 1 aromatic heterocycles. The monoisotopic (exact) mass is 456 g/mol. The first-order valence-corrected chi connectivity index (χ1v) is 10.2. The number of halogens is 1. The standard InChI is InChI=1S/C22H21ClN4O5/c1-12-13(5-4-6-16(12)23)10-27-19(28)15(20(29)30)11-26(22(27)32)14-7-8-17-18(9-14)25(3)21(31)24(17)2/h4-9,15H,10-11H2,1-3H3,(H,29,30). The maximum Gasteiger partial charge on any atom is 0.331 e. The quantitative estimate of drug-likeness (QED) is 0.607. The summed E-state index contributed by atoms with van der Waals surface area (Å²) in [5.74, 6) is -3.50. The van der Waals surface area contributed by atoms with Crippen molar-refractivity contribution in [1.29, 1.82) is 0 Å². The minimum atomic E-state index is -1.41. The fraction of sp³-hybridized carbons (Fsp3) is 0.273. The normalized spacial score (nSPS) is 16.8. The lowest BCUT2D eigenvalue weighted by Crippen LogP contribution is -2.58. The van der Waals surface area contributed by atoms with Gasteiger partial charge in [0.05, 0.1) is 17.6 Å². The summed E-state index contributed by atoms with van der Waals surface area (Å²) in [6.07, 6.45) is 0. The average molecular weight is 457 g/mol. The molecule has 3 aromatic rings. The molecule has 4 rings (SSSR count). The molecule has 1 atom stereocenters. The summed E-state index contributed by atoms with van der Waals surface area (Å²) in [6.45, 7) is 1.37. The first-order valence-electron chi connectivity index (χ1n) is 9.87. The Balaban J connectivity index is 1.78. The second kappa shape index (κ2) is 7.83. The Labute approximate surface area is 188 Å². The Kier molecular flexibility index (Phi) is 5.29. The van der Waals surface area contributed by atoms with E-state index in [4.69, 9.17) is 11.6 Å². The topological polar surface area (TPSA) is 105 Å². The zero-order valence-electron chi connectivity index (χ0n) is 17.7. The highest BCUT2D eigenvalue weighted by molar-refractivity contribution is 6.31. The van der Waals surface area contributed by atoms with Crippen molar-refractivity contribution in [3.63, 3.8) is 0 Å². The van der Waals surface area contributed by atoms with E-state index in [1.165, 1.54) is 14.0 Å². The van der Waals surface area contributed by atoms with Crippen LogP contribution in [-0.4, -0.2) is 43.6 Å². The van der Waals surface area contributed by atoms with E-state index >= 15 is 0 Å². The maximum atomic E-state index is 13.3. The minimum Gasteiger partial charge on any atom is -0.481 e. The van der Waals surface area contributed by atoms with E-state index in [-0.39, 0.29) is 18.8 Å². The number of fused-ring (bicyclic) bond motifs is 1. The SMILES string of the molecule is Cc1c(Cl)cccc1CN1C(=O)C(C(=O)O)CN(c2ccc3c(c2)n(C)c(=O)n3C)C1=O. The molecule has 1 unspecified atom stereocenters. The Morgan fingerprint density at radius 1 is 1.09 bits per heavy atom. The van der Waals surface area contributed by atoms with Gasteiger partial charge in [0.25, 0.3) is 0 Å². The number of carbonyl (C=O) groups is 3. The molecule has 1 saturated heterocycles. The number of amides is 3. The van der Waals surface area contributed by atoms with E-state index in [0.717, 1.165) is 4.90 Å². The zero-order valence-corrected chi connectivity index (χ0v) is 18.5. The van der Waals surface area contributed by atoms with Crippen LogP contribution in [0.5, 0.6) is 0 Å². The second-order valence-corrected chi connectivity index (χ2v) is 8.21. The molecule has 0 radical (unpaired) electrons. The summed E-state index contributed by atoms with van der Waals surface area (Å²) < 4.78 is 2.93. The Morgan fingerprint density at radius 2 is 1.78 bits per heavy atom. The van der Waals surface area contributed by atoms with E-state index in [1.54, 1.807) is 57.4 Å². The molecule has 1 aliphatic rings. The van der Waals surface area contributed by atoms with Crippen LogP contribution in [0.3, 0.4) is 0 Å². The largest absolute Gasteiger partial charge is 0.481 e. The number of imidazole rings is 1. The smallest absolute Gasteiger partial charge is 0.331 e. The number of anilines is 1. The van der Waals surface area contributed by atoms with Crippen LogP contribution >= 0.6 is 11.6 Å². The predicted molar refractivity (Wildman–Crippen MR) is 119 cm³/mol. The molecule has 10 heteroatoms. The van der Waals surface area contributed by atoms with Gasteiger partial charge >= 0.3 is 17.7 Å². The van der Waals surface area contributed by atoms with Crippen LogP contribution in [0.15, 0.2) is 41.2 Å². The first-order chi connectivity index (χ1) is 15.1. The highest BCUT2D eigenvalue weighted by Crippen LogP contribution is 2.29. The number of aliphatic carboxylic acids is 1. The van der Waals surface area contributed by atoms with Gasteiger partial charge in [-0.25, -0.2) is 9.59 Å². The van der Waals surface area contributed by atoms with Gasteiger partial charge in [0, 0.05) is 31.4 Å². The van der Waals surface area contributed by atoms with E-state index in [0.29, 0.717) is 32.9 Å². The van der Waals surface area contributed by atoms with Crippen LogP contribution in [0.4, 0.5) is 10.5 Å². The van der Waals surface area contributed by atoms with E-state index < -0.39 is 23.8 Å². The lowest BCUT2D eigenvalue weighted by molar-refractivity contribution is -0.150. The number of carboxylic acid groups (broad SMARTS) is 1. The molecule has 1 aliphatic heterocycles. The molecule has 2 aromatic carbocycles. The fourth-order valence-corrected chi connectivity index (χ4v) is 4.16. The van der Waals surface area contributed by atoms with Crippen LogP contribution in [-0.2, 0) is 30.2 Å². The molecular weight excluding hydrogens is 436 g/mol. The van der Waals surface area contributed by atoms with E-state index in [9.17, 15) is 24.3 Å². The average Bonchev–Trinajstić information content (AvgIpc) is 2.97. The number of hydrogen-bond acceptors (Lipinski definition) is 4. The third kappa shape index (κ3) is 3.34. The molecule has 32 heavy (non-hydrogen) atoms. The minimum absolute atomic E-state index is 0.101. The van der Waals surface area contributed by atoms with Gasteiger partial charge in [0.15, 0.2) is 5.92 Å². The summed E-state index contributed by atoms with van der Waals surface area (Å²) >= 11 is 6.17. The Morgan fingerprint density at radius 3 is 2.47 bits per heavy atom.